The highest BCUT2D eigenvalue weighted by Gasteiger charge is 2.29. The van der Waals surface area contributed by atoms with Gasteiger partial charge in [-0.2, -0.15) is 0 Å². The molecule has 0 radical (unpaired) electrons. The van der Waals surface area contributed by atoms with Crippen molar-refractivity contribution in [2.75, 3.05) is 36.9 Å². The molecule has 8 heteroatoms. The summed E-state index contributed by atoms with van der Waals surface area (Å²) in [7, 11) is -2.89. The maximum absolute atomic E-state index is 11.8. The van der Waals surface area contributed by atoms with Crippen LogP contribution in [0.4, 0.5) is 0 Å². The molecule has 2 aliphatic rings. The molecular formula is C10H16N2O4S2. The molecule has 0 saturated carbocycles. The van der Waals surface area contributed by atoms with Crippen LogP contribution >= 0.6 is 11.8 Å². The number of carbonyl (C=O) groups excluding carboxylic acids is 2. The largest absolute Gasteiger partial charge is 0.353 e. The third-order valence-electron chi connectivity index (χ3n) is 3.02. The van der Waals surface area contributed by atoms with Crippen LogP contribution in [0.25, 0.3) is 0 Å². The minimum Gasteiger partial charge on any atom is -0.353 e. The summed E-state index contributed by atoms with van der Waals surface area (Å²) in [5, 5.41) is 2.68. The zero-order chi connectivity index (χ0) is 13.2. The minimum absolute atomic E-state index is 0.0255. The number of sulfone groups is 1. The third-order valence-corrected chi connectivity index (χ3v) is 6.29. The fourth-order valence-electron chi connectivity index (χ4n) is 2.02. The monoisotopic (exact) mass is 292 g/mol. The van der Waals surface area contributed by atoms with Crippen LogP contribution in [0.5, 0.6) is 0 Å². The lowest BCUT2D eigenvalue weighted by molar-refractivity contribution is -0.136. The third kappa shape index (κ3) is 3.61. The van der Waals surface area contributed by atoms with Crippen LogP contribution < -0.4 is 5.32 Å². The van der Waals surface area contributed by atoms with Gasteiger partial charge in [-0.1, -0.05) is 0 Å². The maximum Gasteiger partial charge on any atom is 0.239 e. The van der Waals surface area contributed by atoms with Gasteiger partial charge in [-0.25, -0.2) is 8.42 Å². The van der Waals surface area contributed by atoms with E-state index in [2.05, 4.69) is 5.32 Å². The Bertz CT molecular complexity index is 449. The van der Waals surface area contributed by atoms with Crippen LogP contribution in [-0.4, -0.2) is 67.3 Å². The van der Waals surface area contributed by atoms with Crippen molar-refractivity contribution < 1.29 is 18.0 Å². The van der Waals surface area contributed by atoms with Crippen molar-refractivity contribution in [3.63, 3.8) is 0 Å². The molecule has 2 aliphatic heterocycles. The predicted molar refractivity (Wildman–Crippen MR) is 69.1 cm³/mol. The van der Waals surface area contributed by atoms with Gasteiger partial charge in [-0.15, -0.1) is 11.8 Å². The zero-order valence-electron chi connectivity index (χ0n) is 9.92. The molecule has 2 saturated heterocycles. The summed E-state index contributed by atoms with van der Waals surface area (Å²) in [6.45, 7) is 1.14. The fourth-order valence-corrected chi connectivity index (χ4v) is 5.57. The molecular weight excluding hydrogens is 276 g/mol. The van der Waals surface area contributed by atoms with Crippen molar-refractivity contribution in [1.82, 2.24) is 10.2 Å². The van der Waals surface area contributed by atoms with Crippen molar-refractivity contribution in [3.05, 3.63) is 0 Å². The summed E-state index contributed by atoms with van der Waals surface area (Å²) in [6.07, 6.45) is 0.626. The van der Waals surface area contributed by atoms with Crippen LogP contribution in [0.15, 0.2) is 0 Å². The van der Waals surface area contributed by atoms with E-state index in [4.69, 9.17) is 0 Å². The molecule has 0 aromatic carbocycles. The SMILES string of the molecule is O=C1CN(C(=O)CSC2CCS(=O)(=O)C2)CCN1. The fraction of sp³-hybridized carbons (Fsp3) is 0.800. The van der Waals surface area contributed by atoms with E-state index in [0.717, 1.165) is 0 Å². The Morgan fingerprint density at radius 2 is 2.28 bits per heavy atom. The van der Waals surface area contributed by atoms with Crippen molar-refractivity contribution in [2.24, 2.45) is 0 Å². The molecule has 0 spiro atoms. The van der Waals surface area contributed by atoms with E-state index >= 15 is 0 Å². The molecule has 18 heavy (non-hydrogen) atoms. The van der Waals surface area contributed by atoms with E-state index in [-0.39, 0.29) is 40.9 Å². The molecule has 6 nitrogen and oxygen atoms in total. The Kier molecular flexibility index (Phi) is 4.16. The van der Waals surface area contributed by atoms with Crippen LogP contribution in [0.3, 0.4) is 0 Å². The molecule has 102 valence electrons. The summed E-state index contributed by atoms with van der Waals surface area (Å²) >= 11 is 1.39. The lowest BCUT2D eigenvalue weighted by atomic mass is 10.3. The topological polar surface area (TPSA) is 83.6 Å². The number of rotatable bonds is 3. The molecule has 1 N–H and O–H groups in total. The number of piperazine rings is 1. The second-order valence-electron chi connectivity index (χ2n) is 4.50. The molecule has 1 atom stereocenters. The van der Waals surface area contributed by atoms with Crippen molar-refractivity contribution >= 4 is 33.4 Å². The highest BCUT2D eigenvalue weighted by atomic mass is 32.2. The highest BCUT2D eigenvalue weighted by Crippen LogP contribution is 2.24. The molecule has 2 rings (SSSR count). The van der Waals surface area contributed by atoms with Crippen LogP contribution in [0.1, 0.15) is 6.42 Å². The van der Waals surface area contributed by atoms with E-state index in [0.29, 0.717) is 19.5 Å². The normalized spacial score (nSPS) is 27.0. The van der Waals surface area contributed by atoms with E-state index in [9.17, 15) is 18.0 Å². The molecule has 2 fully saturated rings. The van der Waals surface area contributed by atoms with E-state index in [1.54, 1.807) is 0 Å². The van der Waals surface area contributed by atoms with Gasteiger partial charge in [0.1, 0.15) is 0 Å². The molecule has 0 bridgehead atoms. The number of hydrogen-bond donors (Lipinski definition) is 1. The Hall–Kier alpha value is -0.760. The first-order chi connectivity index (χ1) is 8.46. The first-order valence-electron chi connectivity index (χ1n) is 5.83. The number of amides is 2. The molecule has 0 aromatic rings. The average Bonchev–Trinajstić information content (AvgIpc) is 2.66. The van der Waals surface area contributed by atoms with Crippen molar-refractivity contribution in [2.45, 2.75) is 11.7 Å². The van der Waals surface area contributed by atoms with Gasteiger partial charge in [0.15, 0.2) is 9.84 Å². The number of thioether (sulfide) groups is 1. The molecule has 2 amide bonds. The van der Waals surface area contributed by atoms with Crippen LogP contribution in [0.2, 0.25) is 0 Å². The Labute approximate surface area is 110 Å². The van der Waals surface area contributed by atoms with Gasteiger partial charge >= 0.3 is 0 Å². The van der Waals surface area contributed by atoms with Gasteiger partial charge in [0.2, 0.25) is 11.8 Å². The highest BCUT2D eigenvalue weighted by molar-refractivity contribution is 8.02. The predicted octanol–water partition coefficient (Wildman–Crippen LogP) is -1.13. The quantitative estimate of drug-likeness (QED) is 0.711. The summed E-state index contributed by atoms with van der Waals surface area (Å²) in [5.41, 5.74) is 0. The van der Waals surface area contributed by atoms with Gasteiger partial charge in [-0.3, -0.25) is 9.59 Å². The maximum atomic E-state index is 11.8. The minimum atomic E-state index is -2.89. The second-order valence-corrected chi connectivity index (χ2v) is 8.02. The van der Waals surface area contributed by atoms with Gasteiger partial charge in [0, 0.05) is 18.3 Å². The average molecular weight is 292 g/mol. The van der Waals surface area contributed by atoms with Crippen LogP contribution in [-0.2, 0) is 19.4 Å². The number of carbonyl (C=O) groups is 2. The first-order valence-corrected chi connectivity index (χ1v) is 8.70. The van der Waals surface area contributed by atoms with Gasteiger partial charge < -0.3 is 10.2 Å². The van der Waals surface area contributed by atoms with E-state index in [1.165, 1.54) is 16.7 Å². The number of nitrogens with one attached hydrogen (secondary N) is 1. The zero-order valence-corrected chi connectivity index (χ0v) is 11.6. The Morgan fingerprint density at radius 3 is 2.89 bits per heavy atom. The van der Waals surface area contributed by atoms with Crippen LogP contribution in [0, 0.1) is 0 Å². The van der Waals surface area contributed by atoms with Gasteiger partial charge in [0.25, 0.3) is 0 Å². The summed E-state index contributed by atoms with van der Waals surface area (Å²) in [5.74, 6) is 0.436. The van der Waals surface area contributed by atoms with Gasteiger partial charge in [0.05, 0.1) is 23.8 Å². The summed E-state index contributed by atoms with van der Waals surface area (Å²) < 4.78 is 22.5. The first kappa shape index (κ1) is 13.7. The molecule has 1 unspecified atom stereocenters. The number of hydrogen-bond acceptors (Lipinski definition) is 5. The van der Waals surface area contributed by atoms with E-state index < -0.39 is 9.84 Å². The molecule has 0 aliphatic carbocycles. The van der Waals surface area contributed by atoms with Crippen molar-refractivity contribution in [1.29, 1.82) is 0 Å². The standard InChI is InChI=1S/C10H16N2O4S2/c13-9-5-12(3-2-11-9)10(14)6-17-8-1-4-18(15,16)7-8/h8H,1-7H2,(H,11,13). The summed E-state index contributed by atoms with van der Waals surface area (Å²) in [6, 6.07) is 0. The van der Waals surface area contributed by atoms with Crippen molar-refractivity contribution in [3.8, 4) is 0 Å². The smallest absolute Gasteiger partial charge is 0.239 e. The Morgan fingerprint density at radius 1 is 1.50 bits per heavy atom. The second kappa shape index (κ2) is 5.48. The molecule has 0 aromatic heterocycles. The lowest BCUT2D eigenvalue weighted by Crippen LogP contribution is -2.50. The van der Waals surface area contributed by atoms with E-state index in [1.807, 2.05) is 0 Å². The molecule has 2 heterocycles. The number of nitrogens with zero attached hydrogens (tertiary/aromatic N) is 1. The van der Waals surface area contributed by atoms with Gasteiger partial charge in [-0.05, 0) is 6.42 Å². The Balaban J connectivity index is 1.76. The summed E-state index contributed by atoms with van der Waals surface area (Å²) in [4.78, 5) is 24.5. The lowest BCUT2D eigenvalue weighted by Gasteiger charge is -2.26.